The van der Waals surface area contributed by atoms with Gasteiger partial charge in [0.2, 0.25) is 0 Å². The third-order valence-electron chi connectivity index (χ3n) is 2.65. The van der Waals surface area contributed by atoms with E-state index in [9.17, 15) is 4.79 Å². The number of carbonyl (C=O) groups is 1. The van der Waals surface area contributed by atoms with Crippen LogP contribution in [0.3, 0.4) is 0 Å². The molecule has 1 N–H and O–H groups in total. The summed E-state index contributed by atoms with van der Waals surface area (Å²) < 4.78 is 0. The highest BCUT2D eigenvalue weighted by molar-refractivity contribution is 6.30. The summed E-state index contributed by atoms with van der Waals surface area (Å²) in [5, 5.41) is 10.0. The van der Waals surface area contributed by atoms with E-state index in [2.05, 4.69) is 4.98 Å². The first-order valence-corrected chi connectivity index (χ1v) is 5.63. The number of carboxylic acids is 1. The summed E-state index contributed by atoms with van der Waals surface area (Å²) in [7, 11) is 0. The first-order valence-electron chi connectivity index (χ1n) is 5.25. The molecule has 1 aromatic heterocycles. The van der Waals surface area contributed by atoms with Crippen LogP contribution in [-0.2, 0) is 11.2 Å². The van der Waals surface area contributed by atoms with Crippen molar-refractivity contribution in [3.63, 3.8) is 0 Å². The highest BCUT2D eigenvalue weighted by Gasteiger charge is 2.10. The topological polar surface area (TPSA) is 50.2 Å². The molecule has 0 atom stereocenters. The fraction of sp³-hybridized carbons (Fsp3) is 0.231. The van der Waals surface area contributed by atoms with Crippen molar-refractivity contribution in [3.8, 4) is 0 Å². The molecule has 0 aliphatic rings. The summed E-state index contributed by atoms with van der Waals surface area (Å²) in [6.45, 7) is 3.97. The molecule has 3 nitrogen and oxygen atoms in total. The number of aryl methyl sites for hydroxylation is 2. The van der Waals surface area contributed by atoms with Gasteiger partial charge >= 0.3 is 5.97 Å². The van der Waals surface area contributed by atoms with Gasteiger partial charge in [0.15, 0.2) is 0 Å². The molecular formula is C13H12ClNO2. The Bertz CT molecular complexity index is 608. The molecule has 0 spiro atoms. The predicted octanol–water partition coefficient (Wildman–Crippen LogP) is 3.13. The Morgan fingerprint density at radius 1 is 1.35 bits per heavy atom. The number of hydrogen-bond acceptors (Lipinski definition) is 2. The van der Waals surface area contributed by atoms with Crippen molar-refractivity contribution in [1.82, 2.24) is 4.98 Å². The van der Waals surface area contributed by atoms with Gasteiger partial charge in [-0.05, 0) is 37.1 Å². The van der Waals surface area contributed by atoms with Crippen molar-refractivity contribution in [1.29, 1.82) is 0 Å². The van der Waals surface area contributed by atoms with Crippen LogP contribution in [0.2, 0.25) is 5.15 Å². The largest absolute Gasteiger partial charge is 0.481 e. The van der Waals surface area contributed by atoms with Crippen molar-refractivity contribution in [3.05, 3.63) is 40.0 Å². The molecule has 0 aliphatic heterocycles. The Morgan fingerprint density at radius 3 is 2.71 bits per heavy atom. The summed E-state index contributed by atoms with van der Waals surface area (Å²) in [5.41, 5.74) is 3.56. The van der Waals surface area contributed by atoms with E-state index in [0.29, 0.717) is 5.56 Å². The zero-order valence-electron chi connectivity index (χ0n) is 9.62. The van der Waals surface area contributed by atoms with Crippen LogP contribution in [0.5, 0.6) is 0 Å². The molecule has 0 unspecified atom stereocenters. The Morgan fingerprint density at radius 2 is 2.06 bits per heavy atom. The second-order valence-electron chi connectivity index (χ2n) is 4.16. The zero-order chi connectivity index (χ0) is 12.6. The van der Waals surface area contributed by atoms with Gasteiger partial charge in [-0.15, -0.1) is 0 Å². The van der Waals surface area contributed by atoms with Gasteiger partial charge in [-0.2, -0.15) is 0 Å². The van der Waals surface area contributed by atoms with E-state index in [1.54, 1.807) is 0 Å². The molecule has 88 valence electrons. The number of nitrogens with zero attached hydrogens (tertiary/aromatic N) is 1. The summed E-state index contributed by atoms with van der Waals surface area (Å²) in [5.74, 6) is -0.905. The number of aromatic nitrogens is 1. The van der Waals surface area contributed by atoms with Crippen LogP contribution < -0.4 is 0 Å². The molecule has 0 saturated heterocycles. The molecule has 17 heavy (non-hydrogen) atoms. The maximum atomic E-state index is 10.7. The first-order chi connectivity index (χ1) is 7.97. The van der Waals surface area contributed by atoms with Crippen molar-refractivity contribution >= 4 is 28.5 Å². The number of carboxylic acid groups (broad SMARTS) is 1. The fourth-order valence-electron chi connectivity index (χ4n) is 1.93. The second kappa shape index (κ2) is 4.34. The number of pyridine rings is 1. The monoisotopic (exact) mass is 249 g/mol. The smallest absolute Gasteiger partial charge is 0.307 e. The van der Waals surface area contributed by atoms with Crippen LogP contribution in [0.15, 0.2) is 18.2 Å². The van der Waals surface area contributed by atoms with Gasteiger partial charge in [0, 0.05) is 10.9 Å². The molecule has 2 rings (SSSR count). The van der Waals surface area contributed by atoms with Crippen molar-refractivity contribution in [2.24, 2.45) is 0 Å². The Balaban J connectivity index is 2.67. The second-order valence-corrected chi connectivity index (χ2v) is 4.52. The molecule has 0 bridgehead atoms. The van der Waals surface area contributed by atoms with E-state index in [0.717, 1.165) is 22.0 Å². The minimum Gasteiger partial charge on any atom is -0.481 e. The molecule has 1 aromatic carbocycles. The summed E-state index contributed by atoms with van der Waals surface area (Å²) in [6.07, 6.45) is -0.102. The Labute approximate surface area is 104 Å². The average Bonchev–Trinajstić information content (AvgIpc) is 2.19. The van der Waals surface area contributed by atoms with E-state index in [1.165, 1.54) is 0 Å². The fourth-order valence-corrected chi connectivity index (χ4v) is 2.15. The lowest BCUT2D eigenvalue weighted by molar-refractivity contribution is -0.136. The zero-order valence-corrected chi connectivity index (χ0v) is 10.4. The minimum absolute atomic E-state index is 0.102. The molecule has 4 heteroatoms. The van der Waals surface area contributed by atoms with Gasteiger partial charge in [-0.1, -0.05) is 17.7 Å². The van der Waals surface area contributed by atoms with Gasteiger partial charge < -0.3 is 5.11 Å². The molecule has 0 aliphatic carbocycles. The van der Waals surface area contributed by atoms with Crippen LogP contribution in [0.1, 0.15) is 16.7 Å². The quantitative estimate of drug-likeness (QED) is 0.832. The van der Waals surface area contributed by atoms with E-state index < -0.39 is 5.97 Å². The maximum Gasteiger partial charge on any atom is 0.307 e. The minimum atomic E-state index is -0.905. The van der Waals surface area contributed by atoms with E-state index >= 15 is 0 Å². The number of aliphatic carboxylic acids is 1. The molecule has 1 heterocycles. The maximum absolute atomic E-state index is 10.7. The highest BCUT2D eigenvalue weighted by Crippen LogP contribution is 2.24. The predicted molar refractivity (Wildman–Crippen MR) is 67.6 cm³/mol. The molecule has 0 radical (unpaired) electrons. The molecule has 2 aromatic rings. The van der Waals surface area contributed by atoms with Crippen LogP contribution in [0, 0.1) is 13.8 Å². The van der Waals surface area contributed by atoms with Gasteiger partial charge in [-0.3, -0.25) is 4.79 Å². The van der Waals surface area contributed by atoms with E-state index in [4.69, 9.17) is 16.7 Å². The molecular weight excluding hydrogens is 238 g/mol. The number of hydrogen-bond donors (Lipinski definition) is 1. The highest BCUT2D eigenvalue weighted by atomic mass is 35.5. The van der Waals surface area contributed by atoms with E-state index in [1.807, 2.05) is 32.0 Å². The lowest BCUT2D eigenvalue weighted by Crippen LogP contribution is -2.02. The Hall–Kier alpha value is -1.61. The number of halogens is 1. The molecule has 0 fully saturated rings. The van der Waals surface area contributed by atoms with Gasteiger partial charge in [0.1, 0.15) is 5.15 Å². The lowest BCUT2D eigenvalue weighted by atomic mass is 10.0. The lowest BCUT2D eigenvalue weighted by Gasteiger charge is -2.07. The summed E-state index contributed by atoms with van der Waals surface area (Å²) in [4.78, 5) is 15.0. The number of benzene rings is 1. The van der Waals surface area contributed by atoms with Crippen molar-refractivity contribution in [2.75, 3.05) is 0 Å². The first kappa shape index (κ1) is 11.9. The van der Waals surface area contributed by atoms with Crippen molar-refractivity contribution < 1.29 is 9.90 Å². The van der Waals surface area contributed by atoms with Gasteiger partial charge in [-0.25, -0.2) is 4.98 Å². The Kier molecular flexibility index (Phi) is 3.03. The molecule has 0 saturated carbocycles. The molecule has 0 amide bonds. The van der Waals surface area contributed by atoms with Gasteiger partial charge in [0.05, 0.1) is 11.9 Å². The van der Waals surface area contributed by atoms with Gasteiger partial charge in [0.25, 0.3) is 0 Å². The van der Waals surface area contributed by atoms with Crippen molar-refractivity contribution in [2.45, 2.75) is 20.3 Å². The summed E-state index contributed by atoms with van der Waals surface area (Å²) >= 11 is 5.98. The van der Waals surface area contributed by atoms with Crippen LogP contribution in [0.4, 0.5) is 0 Å². The van der Waals surface area contributed by atoms with Crippen LogP contribution in [0.25, 0.3) is 10.9 Å². The van der Waals surface area contributed by atoms with Crippen LogP contribution in [-0.4, -0.2) is 16.1 Å². The third-order valence-corrected chi connectivity index (χ3v) is 2.98. The third kappa shape index (κ3) is 2.39. The van der Waals surface area contributed by atoms with Crippen LogP contribution >= 0.6 is 11.6 Å². The number of fused-ring (bicyclic) bond motifs is 1. The summed E-state index contributed by atoms with van der Waals surface area (Å²) in [6, 6.07) is 5.80. The normalized spacial score (nSPS) is 10.8. The number of rotatable bonds is 2. The van der Waals surface area contributed by atoms with E-state index in [-0.39, 0.29) is 11.6 Å². The average molecular weight is 250 g/mol. The standard InChI is InChI=1S/C13H12ClNO2/c1-7-3-8(2)10-5-9(6-12(16)17)13(14)15-11(10)4-7/h3-5H,6H2,1-2H3,(H,16,17). The SMILES string of the molecule is Cc1cc(C)c2cc(CC(=O)O)c(Cl)nc2c1.